The molecule has 1 fully saturated rings. The van der Waals surface area contributed by atoms with Crippen LogP contribution in [0.15, 0.2) is 35.5 Å². The van der Waals surface area contributed by atoms with E-state index in [9.17, 15) is 4.79 Å². The fraction of sp³-hybridized carbons (Fsp3) is 0.550. The maximum atomic E-state index is 13.2. The van der Waals surface area contributed by atoms with Gasteiger partial charge in [0.2, 0.25) is 0 Å². The van der Waals surface area contributed by atoms with Gasteiger partial charge in [0.05, 0.1) is 7.11 Å². The number of hydrazine groups is 1. The number of ether oxygens (including phenoxy) is 2. The van der Waals surface area contributed by atoms with Crippen molar-refractivity contribution in [3.8, 4) is 5.75 Å². The third kappa shape index (κ3) is 4.02. The summed E-state index contributed by atoms with van der Waals surface area (Å²) in [4.78, 5) is 15.2. The third-order valence-electron chi connectivity index (χ3n) is 5.43. The van der Waals surface area contributed by atoms with Crippen molar-refractivity contribution in [3.05, 3.63) is 41.1 Å². The molecule has 6 nitrogen and oxygen atoms in total. The number of carbonyl (C=O) groups excluding carboxylic acids is 1. The summed E-state index contributed by atoms with van der Waals surface area (Å²) >= 11 is 0. The minimum Gasteiger partial charge on any atom is -0.497 e. The minimum atomic E-state index is 0.0519. The van der Waals surface area contributed by atoms with E-state index in [0.717, 1.165) is 55.9 Å². The molecular weight excluding hydrogens is 330 g/mol. The number of hydrogen-bond acceptors (Lipinski definition) is 5. The second-order valence-electron chi connectivity index (χ2n) is 7.33. The number of amides is 1. The number of methoxy groups -OCH3 is 1. The largest absolute Gasteiger partial charge is 0.497 e. The molecular formula is C20H29N3O3. The molecule has 1 aromatic rings. The second kappa shape index (κ2) is 8.10. The maximum absolute atomic E-state index is 13.2. The molecule has 1 spiro atoms. The Bertz CT molecular complexity index is 663. The van der Waals surface area contributed by atoms with Gasteiger partial charge in [0, 0.05) is 33.4 Å². The van der Waals surface area contributed by atoms with Crippen LogP contribution in [0.25, 0.3) is 0 Å². The van der Waals surface area contributed by atoms with Crippen LogP contribution in [0.3, 0.4) is 0 Å². The van der Waals surface area contributed by atoms with Crippen molar-refractivity contribution in [1.82, 2.24) is 15.8 Å². The van der Waals surface area contributed by atoms with Crippen LogP contribution < -0.4 is 15.6 Å². The molecule has 6 heteroatoms. The molecule has 0 unspecified atom stereocenters. The zero-order valence-electron chi connectivity index (χ0n) is 15.9. The first-order valence-electron chi connectivity index (χ1n) is 9.19. The number of nitrogens with one attached hydrogen (secondary N) is 2. The Balaban J connectivity index is 1.88. The van der Waals surface area contributed by atoms with Crippen molar-refractivity contribution >= 4 is 5.91 Å². The van der Waals surface area contributed by atoms with Crippen molar-refractivity contribution in [2.24, 2.45) is 5.41 Å². The number of carbonyl (C=O) groups is 1. The smallest absolute Gasteiger partial charge is 0.271 e. The molecule has 0 aromatic heterocycles. The number of benzene rings is 1. The van der Waals surface area contributed by atoms with Crippen LogP contribution in [0.4, 0.5) is 0 Å². The van der Waals surface area contributed by atoms with Crippen molar-refractivity contribution in [2.45, 2.75) is 32.7 Å². The Morgan fingerprint density at radius 1 is 1.23 bits per heavy atom. The van der Waals surface area contributed by atoms with E-state index in [2.05, 4.69) is 17.8 Å². The maximum Gasteiger partial charge on any atom is 0.271 e. The van der Waals surface area contributed by atoms with Crippen LogP contribution in [0, 0.1) is 5.41 Å². The van der Waals surface area contributed by atoms with Crippen LogP contribution in [0.5, 0.6) is 5.75 Å². The molecule has 26 heavy (non-hydrogen) atoms. The fourth-order valence-electron chi connectivity index (χ4n) is 4.03. The molecule has 1 aromatic carbocycles. The summed E-state index contributed by atoms with van der Waals surface area (Å²) in [6, 6.07) is 7.93. The summed E-state index contributed by atoms with van der Waals surface area (Å²) in [6.45, 7) is 4.95. The SMILES string of the molecule is CNNC1=C(C)CC2(CCOCC2)CN(Cc2ccc(OC)cc2)C1=O. The Labute approximate surface area is 155 Å². The summed E-state index contributed by atoms with van der Waals surface area (Å²) in [5.41, 5.74) is 8.97. The predicted molar refractivity (Wildman–Crippen MR) is 100 cm³/mol. The first-order valence-corrected chi connectivity index (χ1v) is 9.19. The zero-order chi connectivity index (χ0) is 18.6. The lowest BCUT2D eigenvalue weighted by atomic mass is 9.75. The highest BCUT2D eigenvalue weighted by atomic mass is 16.5. The molecule has 3 rings (SSSR count). The summed E-state index contributed by atoms with van der Waals surface area (Å²) in [5.74, 6) is 0.876. The summed E-state index contributed by atoms with van der Waals surface area (Å²) in [7, 11) is 3.45. The van der Waals surface area contributed by atoms with Gasteiger partial charge in [-0.15, -0.1) is 0 Å². The molecule has 0 atom stereocenters. The molecule has 0 saturated carbocycles. The van der Waals surface area contributed by atoms with E-state index in [1.807, 2.05) is 29.2 Å². The molecule has 142 valence electrons. The van der Waals surface area contributed by atoms with Gasteiger partial charge in [0.25, 0.3) is 5.91 Å². The Morgan fingerprint density at radius 2 is 1.92 bits per heavy atom. The van der Waals surface area contributed by atoms with Crippen molar-refractivity contribution < 1.29 is 14.3 Å². The quantitative estimate of drug-likeness (QED) is 0.790. The van der Waals surface area contributed by atoms with Gasteiger partial charge in [-0.1, -0.05) is 12.1 Å². The first-order chi connectivity index (χ1) is 12.6. The average molecular weight is 359 g/mol. The number of nitrogens with zero attached hydrogens (tertiary/aromatic N) is 1. The molecule has 1 saturated heterocycles. The van der Waals surface area contributed by atoms with Gasteiger partial charge in [-0.25, -0.2) is 5.43 Å². The zero-order valence-corrected chi connectivity index (χ0v) is 15.9. The van der Waals surface area contributed by atoms with Gasteiger partial charge in [-0.05, 0) is 54.9 Å². The summed E-state index contributed by atoms with van der Waals surface area (Å²) in [6.07, 6.45) is 2.90. The summed E-state index contributed by atoms with van der Waals surface area (Å²) in [5, 5.41) is 0. The van der Waals surface area contributed by atoms with E-state index < -0.39 is 0 Å². The number of allylic oxidation sites excluding steroid dienone is 1. The second-order valence-corrected chi connectivity index (χ2v) is 7.33. The lowest BCUT2D eigenvalue weighted by Gasteiger charge is -2.39. The van der Waals surface area contributed by atoms with E-state index in [1.54, 1.807) is 14.2 Å². The molecule has 2 aliphatic rings. The number of rotatable bonds is 5. The van der Waals surface area contributed by atoms with E-state index in [-0.39, 0.29) is 11.3 Å². The van der Waals surface area contributed by atoms with Crippen LogP contribution in [-0.4, -0.2) is 44.7 Å². The molecule has 0 radical (unpaired) electrons. The van der Waals surface area contributed by atoms with Crippen molar-refractivity contribution in [3.63, 3.8) is 0 Å². The Hall–Kier alpha value is -2.05. The van der Waals surface area contributed by atoms with Crippen LogP contribution in [-0.2, 0) is 16.1 Å². The third-order valence-corrected chi connectivity index (χ3v) is 5.43. The van der Waals surface area contributed by atoms with E-state index in [1.165, 1.54) is 0 Å². The van der Waals surface area contributed by atoms with Gasteiger partial charge in [0.1, 0.15) is 11.4 Å². The van der Waals surface area contributed by atoms with E-state index >= 15 is 0 Å². The normalized spacial score (nSPS) is 20.3. The molecule has 2 N–H and O–H groups in total. The van der Waals surface area contributed by atoms with Crippen molar-refractivity contribution in [2.75, 3.05) is 33.9 Å². The van der Waals surface area contributed by atoms with Crippen molar-refractivity contribution in [1.29, 1.82) is 0 Å². The molecule has 0 bridgehead atoms. The van der Waals surface area contributed by atoms with E-state index in [0.29, 0.717) is 12.2 Å². The minimum absolute atomic E-state index is 0.0519. The highest BCUT2D eigenvalue weighted by Crippen LogP contribution is 2.40. The lowest BCUT2D eigenvalue weighted by molar-refractivity contribution is -0.130. The topological polar surface area (TPSA) is 62.8 Å². The number of hydrogen-bond donors (Lipinski definition) is 2. The van der Waals surface area contributed by atoms with E-state index in [4.69, 9.17) is 9.47 Å². The molecule has 2 heterocycles. The van der Waals surface area contributed by atoms with Gasteiger partial charge >= 0.3 is 0 Å². The monoisotopic (exact) mass is 359 g/mol. The Morgan fingerprint density at radius 3 is 2.54 bits per heavy atom. The lowest BCUT2D eigenvalue weighted by Crippen LogP contribution is -2.44. The van der Waals surface area contributed by atoms with Crippen LogP contribution >= 0.6 is 0 Å². The van der Waals surface area contributed by atoms with Crippen LogP contribution in [0.1, 0.15) is 31.7 Å². The standard InChI is InChI=1S/C20H29N3O3/c1-15-12-20(8-10-26-11-9-20)14-23(19(24)18(15)22-21-2)13-16-4-6-17(25-3)7-5-16/h4-7,21-22H,8-14H2,1-3H3. The first kappa shape index (κ1) is 18.7. The van der Waals surface area contributed by atoms with Gasteiger partial charge in [0.15, 0.2) is 0 Å². The molecule has 2 aliphatic heterocycles. The predicted octanol–water partition coefficient (Wildman–Crippen LogP) is 2.22. The molecule has 0 aliphatic carbocycles. The highest BCUT2D eigenvalue weighted by Gasteiger charge is 2.40. The Kier molecular flexibility index (Phi) is 5.84. The highest BCUT2D eigenvalue weighted by molar-refractivity contribution is 5.94. The van der Waals surface area contributed by atoms with Gasteiger partial charge < -0.3 is 19.8 Å². The van der Waals surface area contributed by atoms with Gasteiger partial charge in [-0.3, -0.25) is 4.79 Å². The van der Waals surface area contributed by atoms with Gasteiger partial charge in [-0.2, -0.15) is 0 Å². The molecule has 1 amide bonds. The fourth-order valence-corrected chi connectivity index (χ4v) is 4.03. The average Bonchev–Trinajstić information content (AvgIpc) is 2.74. The van der Waals surface area contributed by atoms with Crippen LogP contribution in [0.2, 0.25) is 0 Å². The summed E-state index contributed by atoms with van der Waals surface area (Å²) < 4.78 is 10.8.